The second kappa shape index (κ2) is 19.8. The molecule has 0 aliphatic carbocycles. The van der Waals surface area contributed by atoms with Crippen molar-refractivity contribution in [1.82, 2.24) is 24.5 Å². The highest BCUT2D eigenvalue weighted by atomic mass is 15.3. The summed E-state index contributed by atoms with van der Waals surface area (Å²) < 4.78 is 0. The van der Waals surface area contributed by atoms with Gasteiger partial charge in [-0.1, -0.05) is 51.0 Å². The number of nitrogens with two attached hydrogens (primary N) is 3. The molecule has 10 aliphatic rings. The molecule has 10 bridgehead atoms. The summed E-state index contributed by atoms with van der Waals surface area (Å²) in [6, 6.07) is 9.84. The van der Waals surface area contributed by atoms with Gasteiger partial charge in [0.2, 0.25) is 0 Å². The Kier molecular flexibility index (Phi) is 18.9. The topological polar surface area (TPSA) is 94.3 Å². The van der Waals surface area contributed by atoms with Crippen LogP contribution in [0.2, 0.25) is 0 Å². The second-order valence-corrected chi connectivity index (χ2v) is 17.4. The lowest BCUT2D eigenvalue weighted by Crippen LogP contribution is -2.34. The van der Waals surface area contributed by atoms with E-state index in [9.17, 15) is 0 Å². The Balaban J connectivity index is 0.000000305. The maximum Gasteiger partial charge on any atom is 0.0248 e. The van der Waals surface area contributed by atoms with Crippen molar-refractivity contribution in [2.75, 3.05) is 35.2 Å². The van der Waals surface area contributed by atoms with Gasteiger partial charge in [0.25, 0.3) is 0 Å². The molecule has 10 saturated heterocycles. The minimum absolute atomic E-state index is 0. The van der Waals surface area contributed by atoms with E-state index in [0.29, 0.717) is 18.1 Å². The number of hydrogen-bond donors (Lipinski definition) is 3. The highest BCUT2D eigenvalue weighted by Gasteiger charge is 2.44. The molecule has 10 fully saturated rings. The third-order valence-corrected chi connectivity index (χ3v) is 15.2. The van der Waals surface area contributed by atoms with Crippen molar-refractivity contribution in [3.8, 4) is 0 Å². The molecule has 0 spiro atoms. The van der Waals surface area contributed by atoms with Gasteiger partial charge in [-0.05, 0) is 143 Å². The van der Waals surface area contributed by atoms with E-state index in [4.69, 9.17) is 17.2 Å². The van der Waals surface area contributed by atoms with Gasteiger partial charge < -0.3 is 27.0 Å². The van der Waals surface area contributed by atoms with E-state index in [1.165, 1.54) is 96.3 Å². The van der Waals surface area contributed by atoms with Crippen molar-refractivity contribution in [3.05, 3.63) is 0 Å². The lowest BCUT2D eigenvalue weighted by Gasteiger charge is -2.16. The number of fused-ring (bicyclic) bond motifs is 10. The summed E-state index contributed by atoms with van der Waals surface area (Å²) in [5.74, 6) is 1.96. The predicted molar refractivity (Wildman–Crippen MR) is 222 cm³/mol. The minimum atomic E-state index is 0. The van der Waals surface area contributed by atoms with Crippen LogP contribution >= 0.6 is 0 Å². The Morgan fingerprint density at radius 3 is 0.580 bits per heavy atom. The Morgan fingerprint density at radius 1 is 0.320 bits per heavy atom. The number of rotatable bonds is 0. The summed E-state index contributed by atoms with van der Waals surface area (Å²) in [5.41, 5.74) is 17.6. The number of nitrogens with zero attached hydrogens (tertiary/aromatic N) is 5. The van der Waals surface area contributed by atoms with Crippen molar-refractivity contribution in [3.63, 3.8) is 0 Å². The van der Waals surface area contributed by atoms with Crippen molar-refractivity contribution in [2.24, 2.45) is 29.0 Å². The normalized spacial score (nSPS) is 45.6. The standard InChI is InChI=1S/2C8H15N.3C7H14N2.5CH4/c2*1-6-5-7-3-4-8(6)9(7)2;3*1-9-5-2-3-7(9)6(8)4-5;;;;;/h2*6-8H,3-5H2,1-2H3;3*5-7H,2-4,8H2,1H3;5*1H4/t2*6-,7+,8-;3*5-,6+,7+;;;;;/m10100...../s1. The summed E-state index contributed by atoms with van der Waals surface area (Å²) >= 11 is 0. The van der Waals surface area contributed by atoms with E-state index in [2.05, 4.69) is 73.6 Å². The molecule has 8 heteroatoms. The monoisotopic (exact) mass is 709 g/mol. The summed E-state index contributed by atoms with van der Waals surface area (Å²) in [6.45, 7) is 4.78. The van der Waals surface area contributed by atoms with Crippen molar-refractivity contribution >= 4 is 0 Å². The van der Waals surface area contributed by atoms with Gasteiger partial charge in [-0.25, -0.2) is 0 Å². The van der Waals surface area contributed by atoms with Crippen LogP contribution in [0.5, 0.6) is 0 Å². The van der Waals surface area contributed by atoms with Gasteiger partial charge in [0.15, 0.2) is 0 Å². The molecule has 0 aromatic rings. The van der Waals surface area contributed by atoms with E-state index in [1.807, 2.05) is 0 Å². The molecule has 0 saturated carbocycles. The van der Waals surface area contributed by atoms with Crippen LogP contribution < -0.4 is 17.2 Å². The van der Waals surface area contributed by atoms with Crippen LogP contribution in [0.25, 0.3) is 0 Å². The summed E-state index contributed by atoms with van der Waals surface area (Å²) in [6.07, 6.45) is 20.6. The molecule has 300 valence electrons. The molecule has 50 heavy (non-hydrogen) atoms. The molecule has 10 heterocycles. The molecule has 0 aromatic heterocycles. The van der Waals surface area contributed by atoms with Crippen LogP contribution in [0.3, 0.4) is 0 Å². The molecule has 10 rings (SSSR count). The van der Waals surface area contributed by atoms with Gasteiger partial charge in [0.05, 0.1) is 0 Å². The van der Waals surface area contributed by atoms with Crippen molar-refractivity contribution in [2.45, 2.75) is 226 Å². The molecule has 0 amide bonds. The van der Waals surface area contributed by atoms with Gasteiger partial charge in [0, 0.05) is 78.5 Å². The first-order valence-electron chi connectivity index (χ1n) is 19.3. The first-order valence-corrected chi connectivity index (χ1v) is 19.3. The van der Waals surface area contributed by atoms with Crippen molar-refractivity contribution in [1.29, 1.82) is 0 Å². The molecule has 0 radical (unpaired) electrons. The summed E-state index contributed by atoms with van der Waals surface area (Å²) in [4.78, 5) is 12.5. The Morgan fingerprint density at radius 2 is 0.520 bits per heavy atom. The molecule has 10 aliphatic heterocycles. The smallest absolute Gasteiger partial charge is 0.0248 e. The van der Waals surface area contributed by atoms with E-state index < -0.39 is 0 Å². The average molecular weight is 709 g/mol. The van der Waals surface area contributed by atoms with Gasteiger partial charge >= 0.3 is 0 Å². The molecular weight excluding hydrogens is 617 g/mol. The van der Waals surface area contributed by atoms with Crippen LogP contribution in [0.1, 0.15) is 147 Å². The molecular formula is C42H92N8. The predicted octanol–water partition coefficient (Wildman–Crippen LogP) is 6.70. The van der Waals surface area contributed by atoms with E-state index >= 15 is 0 Å². The average Bonchev–Trinajstić information content (AvgIpc) is 3.93. The highest BCUT2D eigenvalue weighted by Crippen LogP contribution is 2.41. The fourth-order valence-electron chi connectivity index (χ4n) is 12.1. The largest absolute Gasteiger partial charge is 0.326 e. The van der Waals surface area contributed by atoms with E-state index in [1.54, 1.807) is 0 Å². The summed E-state index contributed by atoms with van der Waals surface area (Å²) in [7, 11) is 11.2. The molecule has 8 nitrogen and oxygen atoms in total. The van der Waals surface area contributed by atoms with Crippen LogP contribution in [-0.2, 0) is 0 Å². The van der Waals surface area contributed by atoms with Gasteiger partial charge in [-0.3, -0.25) is 14.7 Å². The Hall–Kier alpha value is -0.320. The minimum Gasteiger partial charge on any atom is -0.326 e. The van der Waals surface area contributed by atoms with Crippen LogP contribution in [0.4, 0.5) is 0 Å². The van der Waals surface area contributed by atoms with E-state index in [0.717, 1.165) is 72.3 Å². The quantitative estimate of drug-likeness (QED) is 0.256. The number of hydrogen-bond acceptors (Lipinski definition) is 8. The molecule has 0 unspecified atom stereocenters. The summed E-state index contributed by atoms with van der Waals surface area (Å²) in [5, 5.41) is 0. The lowest BCUT2D eigenvalue weighted by atomic mass is 9.91. The third-order valence-electron chi connectivity index (χ3n) is 15.2. The molecule has 6 N–H and O–H groups in total. The second-order valence-electron chi connectivity index (χ2n) is 17.4. The highest BCUT2D eigenvalue weighted by molar-refractivity contribution is 5.02. The van der Waals surface area contributed by atoms with Gasteiger partial charge in [0.1, 0.15) is 0 Å². The fraction of sp³-hybridized carbons (Fsp3) is 1.00. The zero-order valence-corrected chi connectivity index (χ0v) is 30.2. The fourth-order valence-corrected chi connectivity index (χ4v) is 12.1. The van der Waals surface area contributed by atoms with Gasteiger partial charge in [-0.2, -0.15) is 0 Å². The zero-order valence-electron chi connectivity index (χ0n) is 30.2. The Labute approximate surface area is 314 Å². The SMILES string of the molecule is C.C.C.C.C.CN1[C@@H]2CC[C@H]1[C@@H](N)C2.CN1[C@H]2CC[C@@H]1[C@H](N)C2.CN1[C@H]2CC[C@@H]1[C@H](N)C2.C[C@@H]1C[C@@H]2CC[C@H]1N2C.C[C@H]1C[C@H]2CC[C@@H]1N2C. The van der Waals surface area contributed by atoms with Crippen LogP contribution in [0.15, 0.2) is 0 Å². The first-order chi connectivity index (χ1) is 21.4. The third kappa shape index (κ3) is 9.48. The molecule has 15 atom stereocenters. The maximum absolute atomic E-state index is 5.87. The Bertz CT molecular complexity index is 792. The maximum atomic E-state index is 5.87. The van der Waals surface area contributed by atoms with E-state index in [-0.39, 0.29) is 37.1 Å². The lowest BCUT2D eigenvalue weighted by molar-refractivity contribution is 0.296. The number of likely N-dealkylation sites (N-methyl/N-ethyl adjacent to an activating group) is 3. The van der Waals surface area contributed by atoms with Crippen molar-refractivity contribution < 1.29 is 0 Å². The first kappa shape index (κ1) is 47.7. The van der Waals surface area contributed by atoms with Crippen LogP contribution in [0, 0.1) is 11.8 Å². The zero-order chi connectivity index (χ0) is 32.2. The van der Waals surface area contributed by atoms with Gasteiger partial charge in [-0.15, -0.1) is 0 Å². The molecule has 0 aromatic carbocycles. The van der Waals surface area contributed by atoms with Crippen LogP contribution in [-0.4, -0.2) is 138 Å².